The maximum atomic E-state index is 2.40. The van der Waals surface area contributed by atoms with E-state index in [0.717, 1.165) is 13.1 Å². The second-order valence-corrected chi connectivity index (χ2v) is 8.96. The standard InChI is InChI=1S/C23H25N2S2.HI/c1-5-24-18-14-16(3)10-12-20(18)26-22(24)8-7-9-23-25(6-2)19-15-17(4)11-13-21(19)27-23;/h7-15H,5-6H2,1-4H3;1H/q+1;/p-1. The van der Waals surface area contributed by atoms with E-state index < -0.39 is 0 Å². The highest BCUT2D eigenvalue weighted by atomic mass is 127. The summed E-state index contributed by atoms with van der Waals surface area (Å²) in [6, 6.07) is 13.4. The number of rotatable bonds is 4. The van der Waals surface area contributed by atoms with Gasteiger partial charge in [0, 0.05) is 23.6 Å². The average Bonchev–Trinajstić information content (AvgIpc) is 3.18. The Kier molecular flexibility index (Phi) is 6.89. The Balaban J connectivity index is 0.00000225. The van der Waals surface area contributed by atoms with Gasteiger partial charge >= 0.3 is 0 Å². The fourth-order valence-corrected chi connectivity index (χ4v) is 5.77. The van der Waals surface area contributed by atoms with E-state index in [9.17, 15) is 0 Å². The number of anilines is 1. The summed E-state index contributed by atoms with van der Waals surface area (Å²) in [7, 11) is 0. The SMILES string of the molecule is CCN1/C(=C/C=C/c2sc3ccc(C)cc3[n+]2CC)Sc2ccc(C)cc21.[I-]. The van der Waals surface area contributed by atoms with Crippen LogP contribution in [0.5, 0.6) is 0 Å². The topological polar surface area (TPSA) is 7.12 Å². The van der Waals surface area contributed by atoms with Crippen molar-refractivity contribution >= 4 is 45.1 Å². The van der Waals surface area contributed by atoms with E-state index in [2.05, 4.69) is 91.8 Å². The molecule has 0 aliphatic carbocycles. The molecule has 1 aliphatic rings. The van der Waals surface area contributed by atoms with Gasteiger partial charge in [0.05, 0.1) is 10.7 Å². The minimum atomic E-state index is 0. The normalized spacial score (nSPS) is 14.9. The molecule has 1 aliphatic heterocycles. The fraction of sp³-hybridized carbons (Fsp3) is 0.261. The third kappa shape index (κ3) is 4.02. The predicted octanol–water partition coefficient (Wildman–Crippen LogP) is 3.32. The lowest BCUT2D eigenvalue weighted by Crippen LogP contribution is -3.00. The van der Waals surface area contributed by atoms with E-state index in [0.29, 0.717) is 0 Å². The van der Waals surface area contributed by atoms with Gasteiger partial charge in [0.15, 0.2) is 0 Å². The molecule has 0 radical (unpaired) electrons. The zero-order chi connectivity index (χ0) is 19.0. The van der Waals surface area contributed by atoms with Crippen LogP contribution in [-0.4, -0.2) is 6.54 Å². The van der Waals surface area contributed by atoms with Crippen LogP contribution in [0, 0.1) is 13.8 Å². The van der Waals surface area contributed by atoms with Gasteiger partial charge in [0.2, 0.25) is 5.52 Å². The first-order valence-electron chi connectivity index (χ1n) is 9.48. The second-order valence-electron chi connectivity index (χ2n) is 6.84. The van der Waals surface area contributed by atoms with Crippen LogP contribution >= 0.6 is 23.1 Å². The van der Waals surface area contributed by atoms with E-state index in [4.69, 9.17) is 0 Å². The Hall–Kier alpha value is -1.31. The van der Waals surface area contributed by atoms with Crippen molar-refractivity contribution in [2.45, 2.75) is 39.1 Å². The summed E-state index contributed by atoms with van der Waals surface area (Å²) in [5.41, 5.74) is 5.30. The molecule has 0 spiro atoms. The van der Waals surface area contributed by atoms with Crippen LogP contribution in [0.4, 0.5) is 5.69 Å². The Morgan fingerprint density at radius 3 is 2.54 bits per heavy atom. The summed E-state index contributed by atoms with van der Waals surface area (Å²) in [6.07, 6.45) is 6.70. The van der Waals surface area contributed by atoms with Gasteiger partial charge in [-0.3, -0.25) is 0 Å². The number of fused-ring (bicyclic) bond motifs is 2. The lowest BCUT2D eigenvalue weighted by atomic mass is 10.2. The molecule has 0 N–H and O–H groups in total. The predicted molar refractivity (Wildman–Crippen MR) is 120 cm³/mol. The molecule has 2 heterocycles. The lowest BCUT2D eigenvalue weighted by Gasteiger charge is -2.17. The number of aromatic nitrogens is 1. The molecule has 4 rings (SSSR count). The molecular formula is C23H25IN2S2. The minimum absolute atomic E-state index is 0. The number of aryl methyl sites for hydroxylation is 3. The number of allylic oxidation sites excluding steroid dienone is 2. The fourth-order valence-electron chi connectivity index (χ4n) is 3.54. The van der Waals surface area contributed by atoms with Crippen molar-refractivity contribution in [3.63, 3.8) is 0 Å². The van der Waals surface area contributed by atoms with Crippen molar-refractivity contribution in [1.29, 1.82) is 0 Å². The molecule has 2 nitrogen and oxygen atoms in total. The van der Waals surface area contributed by atoms with Crippen LogP contribution in [0.2, 0.25) is 0 Å². The Labute approximate surface area is 193 Å². The molecule has 0 amide bonds. The highest BCUT2D eigenvalue weighted by molar-refractivity contribution is 8.03. The number of hydrogen-bond donors (Lipinski definition) is 0. The zero-order valence-corrected chi connectivity index (χ0v) is 20.5. The number of benzene rings is 2. The summed E-state index contributed by atoms with van der Waals surface area (Å²) < 4.78 is 3.75. The highest BCUT2D eigenvalue weighted by Crippen LogP contribution is 2.46. The van der Waals surface area contributed by atoms with Crippen LogP contribution in [0.25, 0.3) is 16.3 Å². The molecule has 2 aromatic carbocycles. The first-order chi connectivity index (χ1) is 13.1. The molecule has 0 unspecified atom stereocenters. The molecule has 146 valence electrons. The Morgan fingerprint density at radius 2 is 1.79 bits per heavy atom. The Morgan fingerprint density at radius 1 is 1.04 bits per heavy atom. The van der Waals surface area contributed by atoms with Crippen LogP contribution in [0.15, 0.2) is 58.5 Å². The van der Waals surface area contributed by atoms with E-state index in [-0.39, 0.29) is 24.0 Å². The van der Waals surface area contributed by atoms with Crippen molar-refractivity contribution in [3.8, 4) is 0 Å². The number of thiazole rings is 1. The zero-order valence-electron chi connectivity index (χ0n) is 16.7. The third-order valence-corrected chi connectivity index (χ3v) is 7.14. The number of halogens is 1. The average molecular weight is 521 g/mol. The Bertz CT molecular complexity index is 1070. The summed E-state index contributed by atoms with van der Waals surface area (Å²) in [5.74, 6) is 0. The van der Waals surface area contributed by atoms with E-state index in [1.54, 1.807) is 0 Å². The molecule has 0 saturated carbocycles. The summed E-state index contributed by atoms with van der Waals surface area (Å²) in [5, 5.41) is 2.60. The van der Waals surface area contributed by atoms with Gasteiger partial charge in [-0.05, 0) is 63.1 Å². The van der Waals surface area contributed by atoms with Gasteiger partial charge in [-0.2, -0.15) is 4.57 Å². The van der Waals surface area contributed by atoms with Crippen LogP contribution < -0.4 is 33.4 Å². The lowest BCUT2D eigenvalue weighted by molar-refractivity contribution is -0.665. The first-order valence-corrected chi connectivity index (χ1v) is 11.1. The van der Waals surface area contributed by atoms with Gasteiger partial charge in [0.1, 0.15) is 11.2 Å². The molecule has 5 heteroatoms. The molecule has 0 fully saturated rings. The third-order valence-electron chi connectivity index (χ3n) is 4.88. The summed E-state index contributed by atoms with van der Waals surface area (Å²) >= 11 is 3.72. The number of nitrogens with zero attached hydrogens (tertiary/aromatic N) is 2. The van der Waals surface area contributed by atoms with Crippen LogP contribution in [0.3, 0.4) is 0 Å². The number of hydrogen-bond acceptors (Lipinski definition) is 3. The summed E-state index contributed by atoms with van der Waals surface area (Å²) in [4.78, 5) is 3.75. The van der Waals surface area contributed by atoms with Gasteiger partial charge in [-0.1, -0.05) is 41.3 Å². The van der Waals surface area contributed by atoms with E-state index in [1.165, 1.54) is 42.0 Å². The van der Waals surface area contributed by atoms with Crippen molar-refractivity contribution in [3.05, 3.63) is 69.7 Å². The van der Waals surface area contributed by atoms with Crippen molar-refractivity contribution in [1.82, 2.24) is 0 Å². The monoisotopic (exact) mass is 520 g/mol. The molecule has 3 aromatic rings. The van der Waals surface area contributed by atoms with E-state index in [1.807, 2.05) is 23.1 Å². The van der Waals surface area contributed by atoms with Crippen molar-refractivity contribution in [2.75, 3.05) is 11.4 Å². The molecule has 1 aromatic heterocycles. The van der Waals surface area contributed by atoms with Gasteiger partial charge in [-0.25, -0.2) is 0 Å². The maximum Gasteiger partial charge on any atom is 0.262 e. The van der Waals surface area contributed by atoms with Crippen molar-refractivity contribution in [2.24, 2.45) is 0 Å². The second kappa shape index (κ2) is 9.01. The first kappa shape index (κ1) is 21.4. The molecule has 0 saturated heterocycles. The quantitative estimate of drug-likeness (QED) is 0.385. The van der Waals surface area contributed by atoms with Crippen LogP contribution in [0.1, 0.15) is 30.0 Å². The molecular weight excluding hydrogens is 495 g/mol. The summed E-state index contributed by atoms with van der Waals surface area (Å²) in [6.45, 7) is 10.7. The molecule has 0 atom stereocenters. The highest BCUT2D eigenvalue weighted by Gasteiger charge is 2.23. The largest absolute Gasteiger partial charge is 1.00 e. The van der Waals surface area contributed by atoms with Crippen LogP contribution in [-0.2, 0) is 6.54 Å². The smallest absolute Gasteiger partial charge is 0.262 e. The minimum Gasteiger partial charge on any atom is -1.00 e. The number of thioether (sulfide) groups is 1. The molecule has 0 bridgehead atoms. The van der Waals surface area contributed by atoms with Gasteiger partial charge in [-0.15, -0.1) is 0 Å². The van der Waals surface area contributed by atoms with E-state index >= 15 is 0 Å². The van der Waals surface area contributed by atoms with Gasteiger partial charge < -0.3 is 28.9 Å². The van der Waals surface area contributed by atoms with Crippen molar-refractivity contribution < 1.29 is 28.5 Å². The maximum absolute atomic E-state index is 2.40. The molecule has 28 heavy (non-hydrogen) atoms. The van der Waals surface area contributed by atoms with Gasteiger partial charge in [0.25, 0.3) is 5.01 Å².